The van der Waals surface area contributed by atoms with Gasteiger partial charge in [-0.25, -0.2) is 17.9 Å². The number of hydrogen-bond donors (Lipinski definition) is 5. The van der Waals surface area contributed by atoms with Crippen LogP contribution in [0.25, 0.3) is 0 Å². The quantitative estimate of drug-likeness (QED) is 0.0384. The second kappa shape index (κ2) is 26.1. The molecule has 11 heteroatoms. The third kappa shape index (κ3) is 20.3. The van der Waals surface area contributed by atoms with Gasteiger partial charge in [0.05, 0.1) is 18.4 Å². The van der Waals surface area contributed by atoms with Crippen molar-refractivity contribution in [2.75, 3.05) is 5.75 Å². The summed E-state index contributed by atoms with van der Waals surface area (Å²) >= 11 is 0. The average molecular weight is 739 g/mol. The molecule has 0 heterocycles. The number of benzene rings is 2. The van der Waals surface area contributed by atoms with Crippen LogP contribution in [0.5, 0.6) is 0 Å². The van der Waals surface area contributed by atoms with E-state index in [0.717, 1.165) is 57.8 Å². The normalized spacial score (nSPS) is 14.0. The fourth-order valence-electron chi connectivity index (χ4n) is 6.23. The van der Waals surface area contributed by atoms with Crippen LogP contribution in [0.2, 0.25) is 0 Å². The van der Waals surface area contributed by atoms with Gasteiger partial charge in [-0.2, -0.15) is 14.7 Å². The fourth-order valence-corrected chi connectivity index (χ4v) is 8.21. The Balaban J connectivity index is 1.88. The molecule has 9 nitrogen and oxygen atoms in total. The lowest BCUT2D eigenvalue weighted by Gasteiger charge is -2.29. The number of carbonyl (C=O) groups is 1. The standard InChI is InChI=1S/C39H65NO8PS/c1-2-3-4-5-6-13-16-25-32-50(46,47)40-36(37(41)38(39(42)49(43,44)45)48-33-35-29-22-18-23-30-35)31-24-15-12-10-8-7-9-11-14-19-26-34-27-20-17-21-28-34/h17-18,20-23,27-30,36-38,40-41,43-45H,2-16,19,24-26,31-33H2,1H3/q+1. The molecule has 0 aliphatic carbocycles. The van der Waals surface area contributed by atoms with Crippen molar-refractivity contribution in [1.82, 2.24) is 4.72 Å². The van der Waals surface area contributed by atoms with Crippen LogP contribution in [-0.2, 0) is 32.6 Å². The number of carbonyl (C=O) groups excluding carboxylic acids is 1. The van der Waals surface area contributed by atoms with Crippen LogP contribution in [0.3, 0.4) is 0 Å². The minimum absolute atomic E-state index is 0.113. The Morgan fingerprint density at radius 1 is 0.680 bits per heavy atom. The van der Waals surface area contributed by atoms with Gasteiger partial charge in [0.2, 0.25) is 10.0 Å². The highest BCUT2D eigenvalue weighted by atomic mass is 32.2. The van der Waals surface area contributed by atoms with Gasteiger partial charge in [-0.15, -0.1) is 0 Å². The van der Waals surface area contributed by atoms with E-state index < -0.39 is 41.7 Å². The minimum Gasteiger partial charge on any atom is -0.388 e. The van der Waals surface area contributed by atoms with Gasteiger partial charge in [-0.3, -0.25) is 0 Å². The van der Waals surface area contributed by atoms with Gasteiger partial charge in [0, 0.05) is 0 Å². The summed E-state index contributed by atoms with van der Waals surface area (Å²) in [4.78, 5) is 42.4. The molecule has 0 fully saturated rings. The lowest BCUT2D eigenvalue weighted by atomic mass is 9.99. The summed E-state index contributed by atoms with van der Waals surface area (Å²) in [5, 5.41) is 11.4. The van der Waals surface area contributed by atoms with Crippen LogP contribution in [0.15, 0.2) is 60.7 Å². The van der Waals surface area contributed by atoms with Crippen LogP contribution < -0.4 is 4.72 Å². The van der Waals surface area contributed by atoms with Crippen molar-refractivity contribution in [3.05, 3.63) is 71.8 Å². The summed E-state index contributed by atoms with van der Waals surface area (Å²) in [6.07, 6.45) is 16.4. The van der Waals surface area contributed by atoms with Gasteiger partial charge in [-0.05, 0) is 36.8 Å². The van der Waals surface area contributed by atoms with E-state index in [0.29, 0.717) is 18.4 Å². The van der Waals surface area contributed by atoms with Gasteiger partial charge < -0.3 is 9.84 Å². The summed E-state index contributed by atoms with van der Waals surface area (Å²) in [6, 6.07) is 18.3. The van der Waals surface area contributed by atoms with Gasteiger partial charge in [0.25, 0.3) is 0 Å². The predicted octanol–water partition coefficient (Wildman–Crippen LogP) is 8.16. The van der Waals surface area contributed by atoms with Crippen LogP contribution in [0.4, 0.5) is 0 Å². The second-order valence-electron chi connectivity index (χ2n) is 13.7. The zero-order chi connectivity index (χ0) is 36.5. The number of aliphatic hydroxyl groups excluding tert-OH is 1. The number of unbranched alkanes of at least 4 members (excludes halogenated alkanes) is 16. The summed E-state index contributed by atoms with van der Waals surface area (Å²) < 4.78 is 34.6. The number of rotatable bonds is 31. The predicted molar refractivity (Wildman–Crippen MR) is 204 cm³/mol. The van der Waals surface area contributed by atoms with E-state index in [1.54, 1.807) is 30.3 Å². The van der Waals surface area contributed by atoms with E-state index in [2.05, 4.69) is 35.9 Å². The van der Waals surface area contributed by atoms with Crippen molar-refractivity contribution >= 4 is 23.5 Å². The van der Waals surface area contributed by atoms with Gasteiger partial charge in [-0.1, -0.05) is 170 Å². The van der Waals surface area contributed by atoms with E-state index in [1.165, 1.54) is 56.9 Å². The Kier molecular flexibility index (Phi) is 23.2. The largest absolute Gasteiger partial charge is 0.481 e. The molecule has 0 bridgehead atoms. The van der Waals surface area contributed by atoms with Crippen molar-refractivity contribution in [3.8, 4) is 0 Å². The molecule has 3 atom stereocenters. The number of aryl methyl sites for hydroxylation is 1. The Hall–Kier alpha value is -1.75. The Labute approximate surface area is 302 Å². The smallest absolute Gasteiger partial charge is 0.388 e. The third-order valence-electron chi connectivity index (χ3n) is 9.20. The summed E-state index contributed by atoms with van der Waals surface area (Å²) in [5.74, 6) is -0.113. The molecule has 2 aromatic carbocycles. The zero-order valence-electron chi connectivity index (χ0n) is 30.3. The monoisotopic (exact) mass is 738 g/mol. The molecule has 0 spiro atoms. The van der Waals surface area contributed by atoms with Gasteiger partial charge in [0.1, 0.15) is 6.10 Å². The average Bonchev–Trinajstić information content (AvgIpc) is 3.09. The molecule has 3 unspecified atom stereocenters. The number of aliphatic hydroxyl groups is 1. The van der Waals surface area contributed by atoms with E-state index in [1.807, 2.05) is 6.07 Å². The maximum absolute atomic E-state index is 13.2. The molecule has 0 aromatic heterocycles. The van der Waals surface area contributed by atoms with E-state index in [4.69, 9.17) is 4.74 Å². The first-order chi connectivity index (χ1) is 24.0. The molecule has 284 valence electrons. The molecule has 0 radical (unpaired) electrons. The SMILES string of the molecule is CCCCCCCCCCS(=O)(=O)NC(CCCCCCCCCCCCc1ccccc1)C(O)C(OCc1ccccc1)C(=O)[P+](O)(O)O. The van der Waals surface area contributed by atoms with Crippen LogP contribution in [0.1, 0.15) is 140 Å². The van der Waals surface area contributed by atoms with E-state index in [-0.39, 0.29) is 18.8 Å². The molecular formula is C39H65NO8PS+. The Morgan fingerprint density at radius 3 is 1.66 bits per heavy atom. The first-order valence-electron chi connectivity index (χ1n) is 19.0. The molecule has 0 aliphatic heterocycles. The summed E-state index contributed by atoms with van der Waals surface area (Å²) in [7, 11) is -8.86. The fraction of sp³-hybridized carbons (Fsp3) is 0.667. The molecule has 5 N–H and O–H groups in total. The van der Waals surface area contributed by atoms with Crippen molar-refractivity contribution in [3.63, 3.8) is 0 Å². The van der Waals surface area contributed by atoms with Crippen molar-refractivity contribution in [2.24, 2.45) is 0 Å². The summed E-state index contributed by atoms with van der Waals surface area (Å²) in [5.41, 5.74) is 0.604. The van der Waals surface area contributed by atoms with Gasteiger partial charge in [0.15, 0.2) is 6.10 Å². The van der Waals surface area contributed by atoms with Crippen molar-refractivity contribution < 1.29 is 37.7 Å². The van der Waals surface area contributed by atoms with E-state index in [9.17, 15) is 33.0 Å². The minimum atomic E-state index is -5.04. The zero-order valence-corrected chi connectivity index (χ0v) is 32.1. The van der Waals surface area contributed by atoms with Gasteiger partial charge >= 0.3 is 13.5 Å². The maximum Gasteiger partial charge on any atom is 0.481 e. The number of hydrogen-bond acceptors (Lipinski definition) is 8. The highest BCUT2D eigenvalue weighted by molar-refractivity contribution is 7.89. The first-order valence-corrected chi connectivity index (χ1v) is 22.3. The lowest BCUT2D eigenvalue weighted by Crippen LogP contribution is -2.52. The molecule has 2 rings (SSSR count). The van der Waals surface area contributed by atoms with Crippen LogP contribution >= 0.6 is 7.94 Å². The molecule has 0 amide bonds. The molecular weight excluding hydrogens is 673 g/mol. The Bertz CT molecular complexity index is 1240. The summed E-state index contributed by atoms with van der Waals surface area (Å²) in [6.45, 7) is 2.02. The number of nitrogens with one attached hydrogen (secondary N) is 1. The van der Waals surface area contributed by atoms with Crippen LogP contribution in [0, 0.1) is 0 Å². The van der Waals surface area contributed by atoms with Crippen molar-refractivity contribution in [2.45, 2.75) is 160 Å². The molecule has 50 heavy (non-hydrogen) atoms. The number of ether oxygens (including phenoxy) is 1. The Morgan fingerprint density at radius 2 is 1.14 bits per heavy atom. The second-order valence-corrected chi connectivity index (χ2v) is 17.1. The molecule has 0 saturated heterocycles. The van der Waals surface area contributed by atoms with E-state index >= 15 is 0 Å². The lowest BCUT2D eigenvalue weighted by molar-refractivity contribution is -0.135. The first kappa shape index (κ1) is 44.4. The molecule has 0 aliphatic rings. The third-order valence-corrected chi connectivity index (χ3v) is 11.5. The van der Waals surface area contributed by atoms with Crippen LogP contribution in [-0.4, -0.2) is 57.7 Å². The highest BCUT2D eigenvalue weighted by Crippen LogP contribution is 2.47. The number of sulfonamides is 1. The maximum atomic E-state index is 13.2. The molecule has 2 aromatic rings. The van der Waals surface area contributed by atoms with Crippen molar-refractivity contribution in [1.29, 1.82) is 0 Å². The topological polar surface area (TPSA) is 153 Å². The highest BCUT2D eigenvalue weighted by Gasteiger charge is 2.52. The molecule has 0 saturated carbocycles.